The van der Waals surface area contributed by atoms with Crippen molar-refractivity contribution in [2.24, 2.45) is 0 Å². The van der Waals surface area contributed by atoms with Gasteiger partial charge in [0, 0.05) is 29.4 Å². The number of aromatic nitrogens is 3. The molecule has 2 aromatic heterocycles. The van der Waals surface area contributed by atoms with Crippen molar-refractivity contribution in [3.8, 4) is 22.9 Å². The highest BCUT2D eigenvalue weighted by Gasteiger charge is 2.11. The third-order valence-corrected chi connectivity index (χ3v) is 3.69. The predicted octanol–water partition coefficient (Wildman–Crippen LogP) is 3.47. The fourth-order valence-electron chi connectivity index (χ4n) is 1.83. The molecule has 0 saturated heterocycles. The van der Waals surface area contributed by atoms with Crippen molar-refractivity contribution in [3.05, 3.63) is 46.2 Å². The lowest BCUT2D eigenvalue weighted by atomic mass is 10.2. The first-order valence-electron chi connectivity index (χ1n) is 6.37. The van der Waals surface area contributed by atoms with Crippen molar-refractivity contribution in [1.82, 2.24) is 15.2 Å². The Hall–Kier alpha value is -1.96. The van der Waals surface area contributed by atoms with E-state index in [1.165, 1.54) is 3.57 Å². The SMILES string of the molecule is CN(C)c1ccc(-c2nnc(-c3ccc([125I])cc3)o2)cn1. The van der Waals surface area contributed by atoms with Crippen molar-refractivity contribution < 1.29 is 4.42 Å². The van der Waals surface area contributed by atoms with Crippen LogP contribution in [0.2, 0.25) is 0 Å². The number of hydrogen-bond donors (Lipinski definition) is 0. The van der Waals surface area contributed by atoms with Gasteiger partial charge in [-0.3, -0.25) is 0 Å². The summed E-state index contributed by atoms with van der Waals surface area (Å²) >= 11 is 2.26. The Kier molecular flexibility index (Phi) is 3.87. The summed E-state index contributed by atoms with van der Waals surface area (Å²) in [7, 11) is 3.90. The van der Waals surface area contributed by atoms with Crippen molar-refractivity contribution in [3.63, 3.8) is 0 Å². The molecule has 0 bridgehead atoms. The molecule has 0 aliphatic rings. The molecule has 3 rings (SSSR count). The van der Waals surface area contributed by atoms with Crippen LogP contribution in [0.5, 0.6) is 0 Å². The van der Waals surface area contributed by atoms with Gasteiger partial charge in [0.2, 0.25) is 11.8 Å². The van der Waals surface area contributed by atoms with Gasteiger partial charge in [-0.2, -0.15) is 0 Å². The van der Waals surface area contributed by atoms with Crippen LogP contribution < -0.4 is 4.90 Å². The molecular formula is C15H13IN4O. The van der Waals surface area contributed by atoms with Crippen molar-refractivity contribution in [1.29, 1.82) is 0 Å². The van der Waals surface area contributed by atoms with Crippen LogP contribution in [0.15, 0.2) is 47.0 Å². The molecule has 2 heterocycles. The fourth-order valence-corrected chi connectivity index (χ4v) is 2.19. The van der Waals surface area contributed by atoms with E-state index in [4.69, 9.17) is 4.42 Å². The van der Waals surface area contributed by atoms with E-state index in [9.17, 15) is 0 Å². The van der Waals surface area contributed by atoms with Crippen LogP contribution in [0.3, 0.4) is 0 Å². The summed E-state index contributed by atoms with van der Waals surface area (Å²) < 4.78 is 6.88. The second-order valence-corrected chi connectivity index (χ2v) is 5.96. The lowest BCUT2D eigenvalue weighted by Crippen LogP contribution is -2.09. The molecule has 6 heteroatoms. The summed E-state index contributed by atoms with van der Waals surface area (Å²) in [5.41, 5.74) is 1.72. The van der Waals surface area contributed by atoms with Gasteiger partial charge in [0.15, 0.2) is 0 Å². The van der Waals surface area contributed by atoms with E-state index in [1.807, 2.05) is 55.4 Å². The number of rotatable bonds is 3. The minimum atomic E-state index is 0.473. The molecule has 0 saturated carbocycles. The topological polar surface area (TPSA) is 55.1 Å². The van der Waals surface area contributed by atoms with Crippen LogP contribution in [0.25, 0.3) is 22.9 Å². The molecular weight excluding hydrogens is 377 g/mol. The molecule has 3 aromatic rings. The highest BCUT2D eigenvalue weighted by Crippen LogP contribution is 2.24. The predicted molar refractivity (Wildman–Crippen MR) is 90.0 cm³/mol. The van der Waals surface area contributed by atoms with Gasteiger partial charge in [-0.1, -0.05) is 0 Å². The summed E-state index contributed by atoms with van der Waals surface area (Å²) in [6.07, 6.45) is 1.74. The molecule has 0 aliphatic heterocycles. The zero-order chi connectivity index (χ0) is 14.8. The molecule has 5 nitrogen and oxygen atoms in total. The molecule has 0 spiro atoms. The van der Waals surface area contributed by atoms with Crippen LogP contribution in [0.1, 0.15) is 0 Å². The summed E-state index contributed by atoms with van der Waals surface area (Å²) in [5, 5.41) is 8.18. The normalized spacial score (nSPS) is 10.6. The number of anilines is 1. The monoisotopic (exact) mass is 390 g/mol. The maximum Gasteiger partial charge on any atom is 0.249 e. The zero-order valence-corrected chi connectivity index (χ0v) is 13.8. The second kappa shape index (κ2) is 5.80. The summed E-state index contributed by atoms with van der Waals surface area (Å²) in [5.74, 6) is 1.87. The van der Waals surface area contributed by atoms with Crippen LogP contribution >= 0.6 is 22.6 Å². The smallest absolute Gasteiger partial charge is 0.249 e. The van der Waals surface area contributed by atoms with E-state index in [2.05, 4.69) is 37.8 Å². The van der Waals surface area contributed by atoms with Crippen molar-refractivity contribution in [2.75, 3.05) is 19.0 Å². The Morgan fingerprint density at radius 3 is 2.10 bits per heavy atom. The molecule has 0 radical (unpaired) electrons. The Balaban J connectivity index is 1.89. The lowest BCUT2D eigenvalue weighted by molar-refractivity contribution is 0.584. The minimum absolute atomic E-state index is 0.473. The summed E-state index contributed by atoms with van der Waals surface area (Å²) in [6, 6.07) is 11.8. The average molecular weight is 390 g/mol. The molecule has 0 amide bonds. The summed E-state index contributed by atoms with van der Waals surface area (Å²) in [6.45, 7) is 0. The number of benzene rings is 1. The first-order chi connectivity index (χ1) is 10.1. The number of pyridine rings is 1. The van der Waals surface area contributed by atoms with Gasteiger partial charge < -0.3 is 9.32 Å². The third-order valence-electron chi connectivity index (χ3n) is 2.97. The van der Waals surface area contributed by atoms with E-state index in [0.717, 1.165) is 16.9 Å². The highest BCUT2D eigenvalue weighted by atomic mass is 125. The van der Waals surface area contributed by atoms with Gasteiger partial charge in [0.05, 0.1) is 5.56 Å². The molecule has 1 aromatic carbocycles. The van der Waals surface area contributed by atoms with E-state index in [0.29, 0.717) is 11.8 Å². The largest absolute Gasteiger partial charge is 0.416 e. The van der Waals surface area contributed by atoms with Crippen LogP contribution in [0.4, 0.5) is 5.82 Å². The quantitative estimate of drug-likeness (QED) is 0.642. The van der Waals surface area contributed by atoms with E-state index >= 15 is 0 Å². The molecule has 0 atom stereocenters. The second-order valence-electron chi connectivity index (χ2n) is 4.72. The Morgan fingerprint density at radius 2 is 1.52 bits per heavy atom. The maximum absolute atomic E-state index is 5.72. The lowest BCUT2D eigenvalue weighted by Gasteiger charge is -2.10. The van der Waals surface area contributed by atoms with Crippen molar-refractivity contribution in [2.45, 2.75) is 0 Å². The standard InChI is InChI=1S/C15H13IN4O/c1-20(2)13-8-5-11(9-17-13)15-19-18-14(21-15)10-3-6-12(16)7-4-10/h3-9H,1-2H3/i16-2. The van der Waals surface area contributed by atoms with E-state index in [-0.39, 0.29) is 0 Å². The molecule has 0 unspecified atom stereocenters. The first kappa shape index (κ1) is 14.0. The van der Waals surface area contributed by atoms with Gasteiger partial charge in [-0.15, -0.1) is 10.2 Å². The number of halogens is 1. The minimum Gasteiger partial charge on any atom is -0.416 e. The third kappa shape index (κ3) is 3.05. The average Bonchev–Trinajstić information content (AvgIpc) is 2.98. The molecule has 106 valence electrons. The van der Waals surface area contributed by atoms with Gasteiger partial charge in [0.1, 0.15) is 5.82 Å². The maximum atomic E-state index is 5.72. The van der Waals surface area contributed by atoms with Gasteiger partial charge in [-0.25, -0.2) is 4.98 Å². The van der Waals surface area contributed by atoms with Gasteiger partial charge in [0.25, 0.3) is 0 Å². The van der Waals surface area contributed by atoms with E-state index in [1.54, 1.807) is 6.20 Å². The van der Waals surface area contributed by atoms with E-state index < -0.39 is 0 Å². The Bertz CT molecular complexity index is 735. The molecule has 0 fully saturated rings. The number of nitrogens with zero attached hydrogens (tertiary/aromatic N) is 4. The fraction of sp³-hybridized carbons (Fsp3) is 0.133. The van der Waals surface area contributed by atoms with Gasteiger partial charge >= 0.3 is 0 Å². The Morgan fingerprint density at radius 1 is 0.905 bits per heavy atom. The first-order valence-corrected chi connectivity index (χ1v) is 7.44. The van der Waals surface area contributed by atoms with Crippen molar-refractivity contribution >= 4 is 28.4 Å². The van der Waals surface area contributed by atoms with Crippen LogP contribution in [0, 0.1) is 3.57 Å². The molecule has 0 aliphatic carbocycles. The van der Waals surface area contributed by atoms with Gasteiger partial charge in [-0.05, 0) is 59.0 Å². The molecule has 0 N–H and O–H groups in total. The van der Waals surface area contributed by atoms with Crippen LogP contribution in [-0.4, -0.2) is 29.3 Å². The number of hydrogen-bond acceptors (Lipinski definition) is 5. The van der Waals surface area contributed by atoms with Crippen LogP contribution in [-0.2, 0) is 0 Å². The highest BCUT2D eigenvalue weighted by molar-refractivity contribution is 14.1. The summed E-state index contributed by atoms with van der Waals surface area (Å²) in [4.78, 5) is 6.28. The zero-order valence-electron chi connectivity index (χ0n) is 11.6. The Labute approximate surface area is 136 Å². The molecule has 21 heavy (non-hydrogen) atoms.